The van der Waals surface area contributed by atoms with Gasteiger partial charge in [0.15, 0.2) is 0 Å². The zero-order valence-corrected chi connectivity index (χ0v) is 6.72. The van der Waals surface area contributed by atoms with Gasteiger partial charge in [0.2, 0.25) is 0 Å². The van der Waals surface area contributed by atoms with Crippen molar-refractivity contribution in [2.75, 3.05) is 0 Å². The lowest BCUT2D eigenvalue weighted by atomic mass is 9.77. The molecule has 3 saturated carbocycles. The van der Waals surface area contributed by atoms with Crippen LogP contribution in [0.3, 0.4) is 0 Å². The van der Waals surface area contributed by atoms with Crippen LogP contribution in [-0.4, -0.2) is 0 Å². The summed E-state index contributed by atoms with van der Waals surface area (Å²) in [5.41, 5.74) is 0. The third-order valence-corrected chi connectivity index (χ3v) is 4.39. The maximum absolute atomic E-state index is 2.38. The van der Waals surface area contributed by atoms with Gasteiger partial charge >= 0.3 is 0 Å². The molecule has 0 aromatic heterocycles. The van der Waals surface area contributed by atoms with Crippen molar-refractivity contribution in [3.05, 3.63) is 0 Å². The van der Waals surface area contributed by atoms with E-state index < -0.39 is 0 Å². The van der Waals surface area contributed by atoms with E-state index in [0.717, 1.165) is 5.92 Å². The molecule has 0 spiro atoms. The first-order chi connectivity index (χ1) is 4.92. The maximum atomic E-state index is 2.38. The van der Waals surface area contributed by atoms with Crippen molar-refractivity contribution in [2.24, 2.45) is 29.6 Å². The van der Waals surface area contributed by atoms with E-state index in [-0.39, 0.29) is 0 Å². The predicted molar refractivity (Wildman–Crippen MR) is 41.6 cm³/mol. The van der Waals surface area contributed by atoms with Gasteiger partial charge in [-0.2, -0.15) is 0 Å². The van der Waals surface area contributed by atoms with Gasteiger partial charge in [-0.25, -0.2) is 0 Å². The normalized spacial score (nSPS) is 62.7. The molecule has 0 heterocycles. The highest BCUT2D eigenvalue weighted by Crippen LogP contribution is 2.72. The van der Waals surface area contributed by atoms with Crippen molar-refractivity contribution in [1.82, 2.24) is 0 Å². The molecule has 3 aliphatic rings. The van der Waals surface area contributed by atoms with Gasteiger partial charge in [-0.05, 0) is 48.9 Å². The second-order valence-electron chi connectivity index (χ2n) is 4.56. The molecule has 0 radical (unpaired) electrons. The van der Waals surface area contributed by atoms with Crippen molar-refractivity contribution < 1.29 is 0 Å². The first-order valence-corrected chi connectivity index (χ1v) is 4.92. The second kappa shape index (κ2) is 1.60. The molecule has 0 nitrogen and oxygen atoms in total. The highest BCUT2D eigenvalue weighted by Gasteiger charge is 2.66. The molecule has 0 N–H and O–H groups in total. The Bertz CT molecular complexity index is 161. The summed E-state index contributed by atoms with van der Waals surface area (Å²) >= 11 is 0. The van der Waals surface area contributed by atoms with Crippen LogP contribution in [0.1, 0.15) is 32.6 Å². The minimum atomic E-state index is 1.15. The zero-order chi connectivity index (χ0) is 6.72. The monoisotopic (exact) mass is 136 g/mol. The summed E-state index contributed by atoms with van der Waals surface area (Å²) in [4.78, 5) is 0. The minimum absolute atomic E-state index is 1.15. The summed E-state index contributed by atoms with van der Waals surface area (Å²) in [5, 5.41) is 0. The third kappa shape index (κ3) is 0.466. The molecule has 0 saturated heterocycles. The van der Waals surface area contributed by atoms with E-state index in [0.29, 0.717) is 0 Å². The first-order valence-electron chi connectivity index (χ1n) is 4.92. The van der Waals surface area contributed by atoms with Crippen molar-refractivity contribution in [3.8, 4) is 0 Å². The Morgan fingerprint density at radius 1 is 1.20 bits per heavy atom. The quantitative estimate of drug-likeness (QED) is 0.520. The lowest BCUT2D eigenvalue weighted by Crippen LogP contribution is -2.19. The van der Waals surface area contributed by atoms with Crippen molar-refractivity contribution >= 4 is 0 Å². The van der Waals surface area contributed by atoms with Gasteiger partial charge in [0.25, 0.3) is 0 Å². The fraction of sp³-hybridized carbons (Fsp3) is 1.00. The standard InChI is InChI=1S/C10H16/c1-2-6-3-4-7-5-8-9(6)10(7)8/h6-10H,2-5H2,1H3/t6?,7?,8?,9-,10?/m0/s1. The Balaban J connectivity index is 1.80. The lowest BCUT2D eigenvalue weighted by Gasteiger charge is -2.28. The molecule has 3 fully saturated rings. The Morgan fingerprint density at radius 3 is 2.90 bits per heavy atom. The molecule has 3 rings (SSSR count). The molecule has 56 valence electrons. The van der Waals surface area contributed by atoms with Crippen LogP contribution < -0.4 is 0 Å². The van der Waals surface area contributed by atoms with E-state index in [1.165, 1.54) is 30.1 Å². The molecule has 0 aromatic carbocycles. The Hall–Kier alpha value is 0. The van der Waals surface area contributed by atoms with E-state index in [2.05, 4.69) is 6.92 Å². The van der Waals surface area contributed by atoms with Crippen LogP contribution in [0.4, 0.5) is 0 Å². The van der Waals surface area contributed by atoms with E-state index in [1.54, 1.807) is 19.3 Å². The highest BCUT2D eigenvalue weighted by atomic mass is 14.7. The van der Waals surface area contributed by atoms with Crippen LogP contribution in [0.25, 0.3) is 0 Å². The van der Waals surface area contributed by atoms with Crippen LogP contribution in [-0.2, 0) is 0 Å². The molecular weight excluding hydrogens is 120 g/mol. The Morgan fingerprint density at radius 2 is 2.10 bits per heavy atom. The summed E-state index contributed by atoms with van der Waals surface area (Å²) in [6.07, 6.45) is 6.23. The summed E-state index contributed by atoms with van der Waals surface area (Å²) < 4.78 is 0. The molecule has 4 unspecified atom stereocenters. The van der Waals surface area contributed by atoms with Crippen LogP contribution in [0, 0.1) is 29.6 Å². The lowest BCUT2D eigenvalue weighted by molar-refractivity contribution is 0.221. The van der Waals surface area contributed by atoms with Gasteiger partial charge < -0.3 is 0 Å². The van der Waals surface area contributed by atoms with E-state index in [1.807, 2.05) is 0 Å². The van der Waals surface area contributed by atoms with Gasteiger partial charge in [0, 0.05) is 0 Å². The van der Waals surface area contributed by atoms with Gasteiger partial charge in [-0.15, -0.1) is 0 Å². The molecule has 3 aliphatic carbocycles. The Kier molecular flexibility index (Phi) is 0.898. The van der Waals surface area contributed by atoms with Crippen LogP contribution in [0.15, 0.2) is 0 Å². The molecule has 5 atom stereocenters. The van der Waals surface area contributed by atoms with E-state index >= 15 is 0 Å². The highest BCUT2D eigenvalue weighted by molar-refractivity contribution is 5.14. The molecular formula is C10H16. The summed E-state index contributed by atoms with van der Waals surface area (Å²) in [6, 6.07) is 0. The maximum Gasteiger partial charge on any atom is -0.0321 e. The largest absolute Gasteiger partial charge is 0.0651 e. The molecule has 0 heteroatoms. The predicted octanol–water partition coefficient (Wildman–Crippen LogP) is 2.69. The molecule has 10 heavy (non-hydrogen) atoms. The molecule has 0 aromatic rings. The average Bonchev–Trinajstić information content (AvgIpc) is 2.55. The van der Waals surface area contributed by atoms with Gasteiger partial charge in [0.1, 0.15) is 0 Å². The number of fused-ring (bicyclic) bond motifs is 1. The number of hydrogen-bond acceptors (Lipinski definition) is 0. The summed E-state index contributed by atoms with van der Waals surface area (Å²) in [5.74, 6) is 6.06. The SMILES string of the molecule is CCC1CCC2CC3C2[C@@H]13. The molecule has 0 aliphatic heterocycles. The van der Waals surface area contributed by atoms with E-state index in [9.17, 15) is 0 Å². The van der Waals surface area contributed by atoms with E-state index in [4.69, 9.17) is 0 Å². The summed E-state index contributed by atoms with van der Waals surface area (Å²) in [7, 11) is 0. The van der Waals surface area contributed by atoms with Gasteiger partial charge in [-0.3, -0.25) is 0 Å². The van der Waals surface area contributed by atoms with Crippen LogP contribution >= 0.6 is 0 Å². The smallest absolute Gasteiger partial charge is 0.0321 e. The fourth-order valence-corrected chi connectivity index (χ4v) is 3.79. The summed E-state index contributed by atoms with van der Waals surface area (Å²) in [6.45, 7) is 2.38. The zero-order valence-electron chi connectivity index (χ0n) is 6.72. The Labute approximate surface area is 63.0 Å². The van der Waals surface area contributed by atoms with Crippen LogP contribution in [0.5, 0.6) is 0 Å². The van der Waals surface area contributed by atoms with Crippen molar-refractivity contribution in [1.29, 1.82) is 0 Å². The molecule has 0 amide bonds. The topological polar surface area (TPSA) is 0 Å². The first kappa shape index (κ1) is 5.62. The second-order valence-corrected chi connectivity index (χ2v) is 4.56. The number of rotatable bonds is 1. The third-order valence-electron chi connectivity index (χ3n) is 4.39. The fourth-order valence-electron chi connectivity index (χ4n) is 3.79. The average molecular weight is 136 g/mol. The number of hydrogen-bond donors (Lipinski definition) is 0. The minimum Gasteiger partial charge on any atom is -0.0651 e. The van der Waals surface area contributed by atoms with Gasteiger partial charge in [0.05, 0.1) is 0 Å². The van der Waals surface area contributed by atoms with Crippen molar-refractivity contribution in [2.45, 2.75) is 32.6 Å². The van der Waals surface area contributed by atoms with Gasteiger partial charge in [-0.1, -0.05) is 13.3 Å². The van der Waals surface area contributed by atoms with Crippen molar-refractivity contribution in [3.63, 3.8) is 0 Å². The van der Waals surface area contributed by atoms with Crippen LogP contribution in [0.2, 0.25) is 0 Å². The molecule has 0 bridgehead atoms.